The predicted molar refractivity (Wildman–Crippen MR) is 76.6 cm³/mol. The molecule has 7 heteroatoms. The first-order valence-electron chi connectivity index (χ1n) is 6.82. The van der Waals surface area contributed by atoms with E-state index in [0.717, 1.165) is 12.1 Å². The molecule has 1 aromatic rings. The molecule has 0 bridgehead atoms. The fraction of sp³-hybridized carbons (Fsp3) is 0.571. The molecular weight excluding hydrogens is 285 g/mol. The number of halogens is 3. The summed E-state index contributed by atoms with van der Waals surface area (Å²) in [5.41, 5.74) is 0.179. The lowest BCUT2D eigenvalue weighted by atomic mass is 10.1. The minimum Gasteiger partial charge on any atom is -0.394 e. The molecule has 0 aromatic heterocycles. The van der Waals surface area contributed by atoms with Gasteiger partial charge in [-0.25, -0.2) is 0 Å². The van der Waals surface area contributed by atoms with Gasteiger partial charge in [-0.05, 0) is 32.0 Å². The highest BCUT2D eigenvalue weighted by atomic mass is 19.4. The molecule has 120 valence electrons. The van der Waals surface area contributed by atoms with Gasteiger partial charge in [0.15, 0.2) is 0 Å². The van der Waals surface area contributed by atoms with E-state index in [-0.39, 0.29) is 6.54 Å². The van der Waals surface area contributed by atoms with Gasteiger partial charge >= 0.3 is 6.18 Å². The topological polar surface area (TPSA) is 55.7 Å². The minimum absolute atomic E-state index is 0.0217. The van der Waals surface area contributed by atoms with E-state index < -0.39 is 24.5 Å². The van der Waals surface area contributed by atoms with Gasteiger partial charge in [-0.15, -0.1) is 0 Å². The summed E-state index contributed by atoms with van der Waals surface area (Å²) in [5.74, 6) is 0. The van der Waals surface area contributed by atoms with Crippen LogP contribution in [0.4, 0.5) is 24.5 Å². The molecule has 1 rings (SSSR count). The SMILES string of the molecule is CCN(CC)c1ccc(C(F)(F)F)cc1NCC(O)CO. The first-order chi connectivity index (χ1) is 9.83. The van der Waals surface area contributed by atoms with Gasteiger partial charge in [0.2, 0.25) is 0 Å². The van der Waals surface area contributed by atoms with Crippen molar-refractivity contribution >= 4 is 11.4 Å². The lowest BCUT2D eigenvalue weighted by Crippen LogP contribution is -2.26. The average Bonchev–Trinajstić information content (AvgIpc) is 2.45. The maximum atomic E-state index is 12.8. The second-order valence-electron chi connectivity index (χ2n) is 4.62. The van der Waals surface area contributed by atoms with Gasteiger partial charge in [-0.2, -0.15) is 13.2 Å². The van der Waals surface area contributed by atoms with Crippen LogP contribution >= 0.6 is 0 Å². The van der Waals surface area contributed by atoms with Crippen LogP contribution in [0.3, 0.4) is 0 Å². The van der Waals surface area contributed by atoms with Crippen LogP contribution in [-0.2, 0) is 6.18 Å². The Morgan fingerprint density at radius 1 is 1.24 bits per heavy atom. The number of benzene rings is 1. The zero-order chi connectivity index (χ0) is 16.0. The molecule has 21 heavy (non-hydrogen) atoms. The molecule has 0 saturated carbocycles. The molecule has 1 unspecified atom stereocenters. The summed E-state index contributed by atoms with van der Waals surface area (Å²) < 4.78 is 38.4. The third-order valence-corrected chi connectivity index (χ3v) is 3.17. The third kappa shape index (κ3) is 4.78. The number of aliphatic hydroxyl groups is 2. The van der Waals surface area contributed by atoms with Crippen LogP contribution in [0.15, 0.2) is 18.2 Å². The molecule has 0 spiro atoms. The average molecular weight is 306 g/mol. The van der Waals surface area contributed by atoms with E-state index in [2.05, 4.69) is 5.32 Å². The number of anilines is 2. The van der Waals surface area contributed by atoms with Gasteiger partial charge in [0, 0.05) is 19.6 Å². The van der Waals surface area contributed by atoms with Gasteiger partial charge in [-0.1, -0.05) is 0 Å². The second-order valence-corrected chi connectivity index (χ2v) is 4.62. The maximum Gasteiger partial charge on any atom is 0.416 e. The number of rotatable bonds is 7. The molecule has 0 amide bonds. The van der Waals surface area contributed by atoms with Crippen LogP contribution in [0, 0.1) is 0 Å². The highest BCUT2D eigenvalue weighted by Gasteiger charge is 2.31. The Morgan fingerprint density at radius 2 is 1.86 bits per heavy atom. The number of hydrogen-bond acceptors (Lipinski definition) is 4. The van der Waals surface area contributed by atoms with Gasteiger partial charge in [0.05, 0.1) is 29.6 Å². The number of aliphatic hydroxyl groups excluding tert-OH is 2. The molecular formula is C14H21F3N2O2. The quantitative estimate of drug-likeness (QED) is 0.723. The maximum absolute atomic E-state index is 12.8. The number of nitrogens with zero attached hydrogens (tertiary/aromatic N) is 1. The van der Waals surface area contributed by atoms with Gasteiger partial charge < -0.3 is 20.4 Å². The predicted octanol–water partition coefficient (Wildman–Crippen LogP) is 2.32. The van der Waals surface area contributed by atoms with E-state index in [1.807, 2.05) is 18.7 Å². The number of hydrogen-bond donors (Lipinski definition) is 3. The van der Waals surface area contributed by atoms with Crippen molar-refractivity contribution in [1.29, 1.82) is 0 Å². The lowest BCUT2D eigenvalue weighted by Gasteiger charge is -2.26. The molecule has 0 aliphatic carbocycles. The van der Waals surface area contributed by atoms with E-state index in [0.29, 0.717) is 24.5 Å². The van der Waals surface area contributed by atoms with Crippen molar-refractivity contribution in [3.05, 3.63) is 23.8 Å². The third-order valence-electron chi connectivity index (χ3n) is 3.17. The molecule has 1 atom stereocenters. The van der Waals surface area contributed by atoms with Crippen LogP contribution in [0.25, 0.3) is 0 Å². The van der Waals surface area contributed by atoms with Crippen molar-refractivity contribution in [3.63, 3.8) is 0 Å². The van der Waals surface area contributed by atoms with Crippen LogP contribution in [-0.4, -0.2) is 42.6 Å². The zero-order valence-electron chi connectivity index (χ0n) is 12.1. The summed E-state index contributed by atoms with van der Waals surface area (Å²) in [6, 6.07) is 3.49. The van der Waals surface area contributed by atoms with E-state index in [1.54, 1.807) is 0 Å². The summed E-state index contributed by atoms with van der Waals surface area (Å²) in [4.78, 5) is 1.91. The fourth-order valence-corrected chi connectivity index (χ4v) is 1.99. The minimum atomic E-state index is -4.42. The van der Waals surface area contributed by atoms with E-state index in [4.69, 9.17) is 5.11 Å². The normalized spacial score (nSPS) is 13.1. The molecule has 0 fully saturated rings. The van der Waals surface area contributed by atoms with Gasteiger partial charge in [0.25, 0.3) is 0 Å². The number of nitrogens with one attached hydrogen (secondary N) is 1. The smallest absolute Gasteiger partial charge is 0.394 e. The summed E-state index contributed by atoms with van der Waals surface area (Å²) in [7, 11) is 0. The zero-order valence-corrected chi connectivity index (χ0v) is 12.1. The van der Waals surface area contributed by atoms with Crippen molar-refractivity contribution < 1.29 is 23.4 Å². The molecule has 0 aliphatic rings. The van der Waals surface area contributed by atoms with Crippen molar-refractivity contribution in [2.75, 3.05) is 36.5 Å². The summed E-state index contributed by atoms with van der Waals surface area (Å²) in [5, 5.41) is 20.9. The summed E-state index contributed by atoms with van der Waals surface area (Å²) >= 11 is 0. The molecule has 0 aliphatic heterocycles. The van der Waals surface area contributed by atoms with E-state index in [9.17, 15) is 18.3 Å². The molecule has 0 heterocycles. The highest BCUT2D eigenvalue weighted by Crippen LogP contribution is 2.35. The Morgan fingerprint density at radius 3 is 2.33 bits per heavy atom. The fourth-order valence-electron chi connectivity index (χ4n) is 1.99. The van der Waals surface area contributed by atoms with Crippen LogP contribution < -0.4 is 10.2 Å². The van der Waals surface area contributed by atoms with Crippen LogP contribution in [0.5, 0.6) is 0 Å². The molecule has 0 saturated heterocycles. The standard InChI is InChI=1S/C14H21F3N2O2/c1-3-19(4-2)13-6-5-10(14(15,16)17)7-12(13)18-8-11(21)9-20/h5-7,11,18,20-21H,3-4,8-9H2,1-2H3. The van der Waals surface area contributed by atoms with E-state index in [1.165, 1.54) is 6.07 Å². The highest BCUT2D eigenvalue weighted by molar-refractivity contribution is 5.71. The molecule has 4 nitrogen and oxygen atoms in total. The second kappa shape index (κ2) is 7.51. The van der Waals surface area contributed by atoms with Crippen molar-refractivity contribution in [1.82, 2.24) is 0 Å². The molecule has 0 radical (unpaired) electrons. The summed E-state index contributed by atoms with van der Waals surface area (Å²) in [6.45, 7) is 4.65. The van der Waals surface area contributed by atoms with Gasteiger partial charge in [-0.3, -0.25) is 0 Å². The largest absolute Gasteiger partial charge is 0.416 e. The lowest BCUT2D eigenvalue weighted by molar-refractivity contribution is -0.137. The van der Waals surface area contributed by atoms with Crippen LogP contribution in [0.1, 0.15) is 19.4 Å². The first-order valence-corrected chi connectivity index (χ1v) is 6.82. The van der Waals surface area contributed by atoms with Crippen molar-refractivity contribution in [2.24, 2.45) is 0 Å². The molecule has 1 aromatic carbocycles. The van der Waals surface area contributed by atoms with Crippen molar-refractivity contribution in [2.45, 2.75) is 26.1 Å². The first kappa shape index (κ1) is 17.6. The Kier molecular flexibility index (Phi) is 6.29. The Hall–Kier alpha value is -1.47. The van der Waals surface area contributed by atoms with Crippen LogP contribution in [0.2, 0.25) is 0 Å². The Labute approximate surface area is 122 Å². The summed E-state index contributed by atoms with van der Waals surface area (Å²) in [6.07, 6.45) is -5.45. The number of alkyl halides is 3. The molecule has 3 N–H and O–H groups in total. The van der Waals surface area contributed by atoms with Gasteiger partial charge in [0.1, 0.15) is 0 Å². The Balaban J connectivity index is 3.11. The Bertz CT molecular complexity index is 448. The van der Waals surface area contributed by atoms with Crippen molar-refractivity contribution in [3.8, 4) is 0 Å². The van der Waals surface area contributed by atoms with E-state index >= 15 is 0 Å². The monoisotopic (exact) mass is 306 g/mol.